The van der Waals surface area contributed by atoms with E-state index in [1.54, 1.807) is 6.08 Å². The smallest absolute Gasteiger partial charge is 0.306 e. The minimum absolute atomic E-state index is 0.113. The summed E-state index contributed by atoms with van der Waals surface area (Å²) in [6.45, 7) is 5.74. The quantitative estimate of drug-likeness (QED) is 0.0195. The van der Waals surface area contributed by atoms with Crippen LogP contribution in [0, 0.1) is 0 Å². The second-order valence-electron chi connectivity index (χ2n) is 20.7. The molecule has 0 aromatic rings. The number of rotatable bonds is 50. The van der Waals surface area contributed by atoms with Crippen molar-refractivity contribution in [3.63, 3.8) is 0 Å². The van der Waals surface area contributed by atoms with Crippen LogP contribution >= 0.6 is 0 Å². The van der Waals surface area contributed by atoms with Crippen LogP contribution in [0.5, 0.6) is 0 Å². The van der Waals surface area contributed by atoms with Gasteiger partial charge in [-0.25, -0.2) is 0 Å². The summed E-state index contributed by atoms with van der Waals surface area (Å²) in [6, 6.07) is -1.03. The molecule has 420 valence electrons. The van der Waals surface area contributed by atoms with Crippen LogP contribution < -0.4 is 5.32 Å². The first kappa shape index (κ1) is 67.6. The van der Waals surface area contributed by atoms with Crippen molar-refractivity contribution in [1.29, 1.82) is 0 Å². The summed E-state index contributed by atoms with van der Waals surface area (Å²) in [5.41, 5.74) is 0. The summed E-state index contributed by atoms with van der Waals surface area (Å²) < 4.78 is 17.6. The number of carbonyl (C=O) groups excluding carboxylic acids is 2. The minimum atomic E-state index is -1.62. The molecule has 1 amide bonds. The van der Waals surface area contributed by atoms with Crippen molar-refractivity contribution in [1.82, 2.24) is 5.32 Å². The molecule has 1 heterocycles. The van der Waals surface area contributed by atoms with Gasteiger partial charge in [0.25, 0.3) is 0 Å². The molecule has 0 bridgehead atoms. The van der Waals surface area contributed by atoms with E-state index in [9.17, 15) is 35.1 Å². The molecule has 1 rings (SSSR count). The van der Waals surface area contributed by atoms with Crippen LogP contribution in [-0.4, -0.2) is 99.6 Å². The Morgan fingerprint density at radius 3 is 1.46 bits per heavy atom. The third-order valence-electron chi connectivity index (χ3n) is 14.0. The number of amides is 1. The van der Waals surface area contributed by atoms with Crippen LogP contribution in [0.1, 0.15) is 265 Å². The van der Waals surface area contributed by atoms with Crippen LogP contribution in [0.3, 0.4) is 0 Å². The van der Waals surface area contributed by atoms with E-state index in [-0.39, 0.29) is 19.4 Å². The predicted octanol–water partition coefficient (Wildman–Crippen LogP) is 13.7. The maximum atomic E-state index is 13.4. The van der Waals surface area contributed by atoms with Gasteiger partial charge in [0.1, 0.15) is 24.4 Å². The number of nitrogens with one attached hydrogen (secondary N) is 1. The summed E-state index contributed by atoms with van der Waals surface area (Å²) in [6.07, 6.45) is 48.6. The molecule has 6 N–H and O–H groups in total. The SMILES string of the molecule is CCCCC/C=C\C/C=C\CCCCCCCCCC(=O)OC1C(OCC(NC(=O)C(O)CCCC/C=C\CCCCCCCCC)C(O)/C=C/CCCCCCCCCCCCC)OC(CO)C(O)C1O. The zero-order valence-corrected chi connectivity index (χ0v) is 46.3. The highest BCUT2D eigenvalue weighted by atomic mass is 16.7. The Balaban J connectivity index is 2.73. The molecule has 11 nitrogen and oxygen atoms in total. The summed E-state index contributed by atoms with van der Waals surface area (Å²) in [5.74, 6) is -1.22. The Morgan fingerprint density at radius 2 is 0.958 bits per heavy atom. The summed E-state index contributed by atoms with van der Waals surface area (Å²) in [4.78, 5) is 26.5. The Labute approximate surface area is 440 Å². The van der Waals surface area contributed by atoms with E-state index in [0.717, 1.165) is 77.0 Å². The number of unbranched alkanes of at least 4 members (excludes halogenated alkanes) is 30. The fraction of sp³-hybridized carbons (Fsp3) is 0.836. The molecule has 0 radical (unpaired) electrons. The van der Waals surface area contributed by atoms with Crippen molar-refractivity contribution in [3.05, 3.63) is 48.6 Å². The molecule has 0 saturated carbocycles. The highest BCUT2D eigenvalue weighted by Gasteiger charge is 2.47. The van der Waals surface area contributed by atoms with Crippen LogP contribution in [-0.2, 0) is 23.8 Å². The van der Waals surface area contributed by atoms with Crippen LogP contribution in [0.25, 0.3) is 0 Å². The Kier molecular flexibility index (Phi) is 46.5. The zero-order chi connectivity index (χ0) is 52.5. The van der Waals surface area contributed by atoms with Gasteiger partial charge in [-0.1, -0.05) is 223 Å². The van der Waals surface area contributed by atoms with Crippen molar-refractivity contribution in [2.45, 2.75) is 314 Å². The maximum absolute atomic E-state index is 13.4. The van der Waals surface area contributed by atoms with Gasteiger partial charge in [-0.2, -0.15) is 0 Å². The van der Waals surface area contributed by atoms with E-state index < -0.39 is 67.4 Å². The molecule has 1 saturated heterocycles. The lowest BCUT2D eigenvalue weighted by atomic mass is 9.99. The zero-order valence-electron chi connectivity index (χ0n) is 46.3. The average Bonchev–Trinajstić information content (AvgIpc) is 3.38. The van der Waals surface area contributed by atoms with Crippen LogP contribution in [0.4, 0.5) is 0 Å². The molecule has 1 aliphatic rings. The van der Waals surface area contributed by atoms with Gasteiger partial charge in [-0.05, 0) is 83.5 Å². The van der Waals surface area contributed by atoms with Gasteiger partial charge in [0, 0.05) is 6.42 Å². The topological polar surface area (TPSA) is 175 Å². The highest BCUT2D eigenvalue weighted by Crippen LogP contribution is 2.26. The monoisotopic (exact) mass is 1020 g/mol. The fourth-order valence-corrected chi connectivity index (χ4v) is 9.15. The van der Waals surface area contributed by atoms with Crippen LogP contribution in [0.15, 0.2) is 48.6 Å². The number of hydrogen-bond acceptors (Lipinski definition) is 10. The van der Waals surface area contributed by atoms with Gasteiger partial charge in [0.2, 0.25) is 5.91 Å². The number of aliphatic hydroxyl groups is 5. The molecular formula is C61H111NO10. The predicted molar refractivity (Wildman–Crippen MR) is 297 cm³/mol. The lowest BCUT2D eigenvalue weighted by Gasteiger charge is -2.41. The fourth-order valence-electron chi connectivity index (χ4n) is 9.15. The third kappa shape index (κ3) is 37.4. The molecule has 0 aliphatic carbocycles. The van der Waals surface area contributed by atoms with E-state index >= 15 is 0 Å². The van der Waals surface area contributed by atoms with Gasteiger partial charge in [0.15, 0.2) is 12.4 Å². The van der Waals surface area contributed by atoms with E-state index in [4.69, 9.17) is 14.2 Å². The lowest BCUT2D eigenvalue weighted by molar-refractivity contribution is -0.305. The largest absolute Gasteiger partial charge is 0.454 e. The van der Waals surface area contributed by atoms with Crippen molar-refractivity contribution in [2.75, 3.05) is 13.2 Å². The summed E-state index contributed by atoms with van der Waals surface area (Å²) in [5, 5.41) is 56.8. The normalized spacial score (nSPS) is 19.8. The highest BCUT2D eigenvalue weighted by molar-refractivity contribution is 5.80. The number of esters is 1. The first-order chi connectivity index (χ1) is 35.2. The number of carbonyl (C=O) groups is 2. The standard InChI is InChI=1S/C61H111NO10/c1-4-7-10-13-16-19-22-25-26-27-28-31-34-37-40-43-46-49-56(66)72-59-58(68)57(67)55(50-63)71-61(59)70-51-52(53(64)47-44-41-38-35-32-29-23-20-17-14-11-8-5-2)62-60(69)54(65)48-45-42-39-36-33-30-24-21-18-15-12-9-6-3/h16,19,25-26,33,36,44,47,52-55,57-59,61,63-65,67-68H,4-15,17-18,20-24,27-32,34-35,37-43,45-46,48-51H2,1-3H3,(H,62,69)/b19-16-,26-25-,36-33-,47-44+. The van der Waals surface area contributed by atoms with E-state index in [0.29, 0.717) is 12.8 Å². The van der Waals surface area contributed by atoms with Crippen molar-refractivity contribution < 1.29 is 49.3 Å². The molecule has 8 atom stereocenters. The van der Waals surface area contributed by atoms with E-state index in [2.05, 4.69) is 62.5 Å². The summed E-state index contributed by atoms with van der Waals surface area (Å²) in [7, 11) is 0. The van der Waals surface area contributed by atoms with Gasteiger partial charge < -0.3 is 45.1 Å². The van der Waals surface area contributed by atoms with Gasteiger partial charge in [0.05, 0.1) is 25.4 Å². The second-order valence-corrected chi connectivity index (χ2v) is 20.7. The minimum Gasteiger partial charge on any atom is -0.454 e. The van der Waals surface area contributed by atoms with E-state index in [1.807, 2.05) is 6.08 Å². The molecule has 1 aliphatic heterocycles. The number of ether oxygens (including phenoxy) is 3. The molecule has 0 aromatic heterocycles. The molecule has 11 heteroatoms. The third-order valence-corrected chi connectivity index (χ3v) is 14.0. The Bertz CT molecular complexity index is 1350. The molecule has 0 aromatic carbocycles. The van der Waals surface area contributed by atoms with Crippen LogP contribution in [0.2, 0.25) is 0 Å². The van der Waals surface area contributed by atoms with Gasteiger partial charge >= 0.3 is 5.97 Å². The second kappa shape index (κ2) is 49.5. The maximum Gasteiger partial charge on any atom is 0.306 e. The number of allylic oxidation sites excluding steroid dienone is 7. The average molecular weight is 1020 g/mol. The Morgan fingerprint density at radius 1 is 0.542 bits per heavy atom. The van der Waals surface area contributed by atoms with E-state index in [1.165, 1.54) is 141 Å². The molecule has 1 fully saturated rings. The summed E-state index contributed by atoms with van der Waals surface area (Å²) >= 11 is 0. The molecular weight excluding hydrogens is 907 g/mol. The number of hydrogen-bond donors (Lipinski definition) is 6. The molecule has 72 heavy (non-hydrogen) atoms. The van der Waals surface area contributed by atoms with Crippen molar-refractivity contribution in [2.24, 2.45) is 0 Å². The first-order valence-corrected chi connectivity index (χ1v) is 29.9. The molecule has 8 unspecified atom stereocenters. The molecule has 0 spiro atoms. The number of aliphatic hydroxyl groups excluding tert-OH is 5. The Hall–Kier alpha value is -2.38. The van der Waals surface area contributed by atoms with Gasteiger partial charge in [-0.15, -0.1) is 0 Å². The van der Waals surface area contributed by atoms with Crippen molar-refractivity contribution in [3.8, 4) is 0 Å². The van der Waals surface area contributed by atoms with Gasteiger partial charge in [-0.3, -0.25) is 9.59 Å². The van der Waals surface area contributed by atoms with Crippen molar-refractivity contribution >= 4 is 11.9 Å². The first-order valence-electron chi connectivity index (χ1n) is 29.9. The lowest BCUT2D eigenvalue weighted by Crippen LogP contribution is -2.61.